The molecule has 0 aliphatic carbocycles. The molecule has 15 heteroatoms. The first-order valence-electron chi connectivity index (χ1n) is 12.1. The summed E-state index contributed by atoms with van der Waals surface area (Å²) in [5.41, 5.74) is -4.04. The monoisotopic (exact) mass is 693 g/mol. The Balaban J connectivity index is 1.48. The standard InChI is InChI=1S/C26H22F6IN5O3/c1-14(36-21-12-35-38(33)24(41)22(21)26(30,31)32)3-2-7-37-8-6-15-9-18(19(27)10-17(15)23(37)40)20-5-4-16(11-34-20)25(28,29)13-39/h4-6,8-12,14,36,39H,2-3,7,13H2,1H3/t14-/m0/s1. The molecule has 4 aromatic rings. The maximum atomic E-state index is 15.0. The third kappa shape index (κ3) is 6.55. The fraction of sp³-hybridized carbons (Fsp3) is 0.308. The van der Waals surface area contributed by atoms with Crippen molar-refractivity contribution in [2.75, 3.05) is 11.9 Å². The Morgan fingerprint density at radius 3 is 2.44 bits per heavy atom. The van der Waals surface area contributed by atoms with Gasteiger partial charge in [-0.2, -0.15) is 29.9 Å². The highest BCUT2D eigenvalue weighted by Gasteiger charge is 2.38. The fourth-order valence-corrected chi connectivity index (χ4v) is 4.63. The summed E-state index contributed by atoms with van der Waals surface area (Å²) in [5, 5.41) is 15.6. The van der Waals surface area contributed by atoms with Crippen LogP contribution in [-0.4, -0.2) is 35.3 Å². The van der Waals surface area contributed by atoms with Crippen LogP contribution in [0.25, 0.3) is 22.0 Å². The highest BCUT2D eigenvalue weighted by molar-refractivity contribution is 14.1. The number of pyridine rings is 2. The van der Waals surface area contributed by atoms with E-state index in [2.05, 4.69) is 15.4 Å². The van der Waals surface area contributed by atoms with Gasteiger partial charge in [-0.25, -0.2) is 4.39 Å². The van der Waals surface area contributed by atoms with Gasteiger partial charge in [-0.15, -0.1) is 0 Å². The fourth-order valence-electron chi connectivity index (χ4n) is 4.26. The Kier molecular flexibility index (Phi) is 8.77. The van der Waals surface area contributed by atoms with Crippen molar-refractivity contribution in [3.8, 4) is 11.3 Å². The zero-order valence-electron chi connectivity index (χ0n) is 21.2. The van der Waals surface area contributed by atoms with Crippen molar-refractivity contribution in [3.63, 3.8) is 0 Å². The lowest BCUT2D eigenvalue weighted by molar-refractivity contribution is -0.138. The van der Waals surface area contributed by atoms with Crippen LogP contribution in [0.5, 0.6) is 0 Å². The average molecular weight is 693 g/mol. The minimum Gasteiger partial charge on any atom is -0.390 e. The van der Waals surface area contributed by atoms with Gasteiger partial charge in [-0.05, 0) is 55.5 Å². The lowest BCUT2D eigenvalue weighted by atomic mass is 10.0. The highest BCUT2D eigenvalue weighted by Crippen LogP contribution is 2.33. The number of anilines is 1. The van der Waals surface area contributed by atoms with Crippen LogP contribution < -0.4 is 16.4 Å². The molecule has 1 aromatic carbocycles. The maximum Gasteiger partial charge on any atom is 0.423 e. The third-order valence-corrected chi connectivity index (χ3v) is 7.07. The molecule has 0 aliphatic heterocycles. The number of nitrogens with zero attached hydrogens (tertiary/aromatic N) is 4. The predicted molar refractivity (Wildman–Crippen MR) is 148 cm³/mol. The summed E-state index contributed by atoms with van der Waals surface area (Å²) < 4.78 is 84.4. The number of halogens is 7. The second-order valence-corrected chi connectivity index (χ2v) is 10.2. The third-order valence-electron chi connectivity index (χ3n) is 6.39. The summed E-state index contributed by atoms with van der Waals surface area (Å²) in [5.74, 6) is -4.28. The Hall–Kier alpha value is -3.47. The van der Waals surface area contributed by atoms with Gasteiger partial charge in [-0.1, -0.05) is 0 Å². The molecular formula is C26H22F6IN5O3. The molecule has 41 heavy (non-hydrogen) atoms. The van der Waals surface area contributed by atoms with Crippen LogP contribution in [0.15, 0.2) is 58.5 Å². The van der Waals surface area contributed by atoms with E-state index in [1.165, 1.54) is 45.8 Å². The van der Waals surface area contributed by atoms with Crippen molar-refractivity contribution in [1.29, 1.82) is 0 Å². The molecule has 0 unspecified atom stereocenters. The number of rotatable bonds is 9. The molecule has 0 amide bonds. The van der Waals surface area contributed by atoms with Crippen molar-refractivity contribution in [2.45, 2.75) is 44.5 Å². The molecule has 0 aliphatic rings. The molecule has 0 saturated heterocycles. The van der Waals surface area contributed by atoms with E-state index in [-0.39, 0.29) is 23.2 Å². The molecule has 1 atom stereocenters. The van der Waals surface area contributed by atoms with Crippen molar-refractivity contribution in [3.05, 3.63) is 86.6 Å². The molecule has 0 fully saturated rings. The van der Waals surface area contributed by atoms with E-state index in [1.807, 2.05) is 0 Å². The number of aliphatic hydroxyl groups excluding tert-OH is 1. The average Bonchev–Trinajstić information content (AvgIpc) is 2.91. The topological polar surface area (TPSA) is 102 Å². The molecule has 3 aromatic heterocycles. The van der Waals surface area contributed by atoms with E-state index < -0.39 is 58.5 Å². The molecule has 3 heterocycles. The second kappa shape index (κ2) is 11.8. The predicted octanol–water partition coefficient (Wildman–Crippen LogP) is 5.34. The SMILES string of the molecule is C[C@@H](CCCn1ccc2cc(-c3ccc(C(F)(F)CO)cn3)c(F)cc2c1=O)Nc1cnn(I)c(=O)c1C(F)(F)F. The van der Waals surface area contributed by atoms with E-state index in [1.54, 1.807) is 13.0 Å². The van der Waals surface area contributed by atoms with Crippen molar-refractivity contribution in [1.82, 2.24) is 17.5 Å². The van der Waals surface area contributed by atoms with Crippen LogP contribution in [-0.2, 0) is 18.6 Å². The van der Waals surface area contributed by atoms with Crippen LogP contribution >= 0.6 is 22.9 Å². The van der Waals surface area contributed by atoms with Crippen LogP contribution in [0.1, 0.15) is 30.9 Å². The first-order valence-corrected chi connectivity index (χ1v) is 13.1. The lowest BCUT2D eigenvalue weighted by Gasteiger charge is -2.19. The zero-order valence-corrected chi connectivity index (χ0v) is 23.4. The van der Waals surface area contributed by atoms with Gasteiger partial charge in [0.1, 0.15) is 18.0 Å². The number of nitrogens with one attached hydrogen (secondary N) is 1. The van der Waals surface area contributed by atoms with E-state index in [0.717, 1.165) is 24.5 Å². The zero-order chi connectivity index (χ0) is 30.1. The summed E-state index contributed by atoms with van der Waals surface area (Å²) in [7, 11) is 0. The van der Waals surface area contributed by atoms with Gasteiger partial charge in [0.05, 0.1) is 45.8 Å². The number of alkyl halides is 5. The Morgan fingerprint density at radius 1 is 1.07 bits per heavy atom. The second-order valence-electron chi connectivity index (χ2n) is 9.31. The van der Waals surface area contributed by atoms with Gasteiger partial charge < -0.3 is 15.0 Å². The van der Waals surface area contributed by atoms with Crippen molar-refractivity contribution in [2.24, 2.45) is 0 Å². The number of benzene rings is 1. The summed E-state index contributed by atoms with van der Waals surface area (Å²) in [6, 6.07) is 5.72. The van der Waals surface area contributed by atoms with Gasteiger partial charge in [0.2, 0.25) is 0 Å². The molecular weight excluding hydrogens is 671 g/mol. The molecule has 218 valence electrons. The molecule has 2 N–H and O–H groups in total. The molecule has 8 nitrogen and oxygen atoms in total. The van der Waals surface area contributed by atoms with E-state index in [4.69, 9.17) is 5.11 Å². The number of aryl methyl sites for hydroxylation is 1. The number of hydrogen-bond donors (Lipinski definition) is 2. The molecule has 0 radical (unpaired) electrons. The van der Waals surface area contributed by atoms with E-state index in [0.29, 0.717) is 21.1 Å². The lowest BCUT2D eigenvalue weighted by Crippen LogP contribution is -2.30. The minimum absolute atomic E-state index is 0.00336. The summed E-state index contributed by atoms with van der Waals surface area (Å²) in [6.45, 7) is 0.415. The largest absolute Gasteiger partial charge is 0.423 e. The van der Waals surface area contributed by atoms with Gasteiger partial charge >= 0.3 is 6.18 Å². The minimum atomic E-state index is -4.88. The van der Waals surface area contributed by atoms with Crippen LogP contribution in [0.3, 0.4) is 0 Å². The van der Waals surface area contributed by atoms with Crippen LogP contribution in [0, 0.1) is 5.82 Å². The van der Waals surface area contributed by atoms with Crippen molar-refractivity contribution >= 4 is 39.3 Å². The smallest absolute Gasteiger partial charge is 0.390 e. The molecule has 0 saturated carbocycles. The number of fused-ring (bicyclic) bond motifs is 1. The quantitative estimate of drug-likeness (QED) is 0.182. The summed E-state index contributed by atoms with van der Waals surface area (Å²) in [4.78, 5) is 28.9. The number of hydrogen-bond acceptors (Lipinski definition) is 6. The first kappa shape index (κ1) is 30.5. The van der Waals surface area contributed by atoms with Gasteiger partial charge in [0, 0.05) is 36.1 Å². The van der Waals surface area contributed by atoms with Gasteiger partial charge in [-0.3, -0.25) is 14.6 Å². The number of aliphatic hydroxyl groups is 1. The summed E-state index contributed by atoms with van der Waals surface area (Å²) >= 11 is 1.36. The van der Waals surface area contributed by atoms with E-state index in [9.17, 15) is 35.9 Å². The van der Waals surface area contributed by atoms with E-state index >= 15 is 0 Å². The van der Waals surface area contributed by atoms with Crippen LogP contribution in [0.4, 0.5) is 32.0 Å². The molecule has 0 bridgehead atoms. The Labute approximate surface area is 242 Å². The summed E-state index contributed by atoms with van der Waals surface area (Å²) in [6.07, 6.45) is -0.907. The highest BCUT2D eigenvalue weighted by atomic mass is 127. The van der Waals surface area contributed by atoms with Crippen LogP contribution in [0.2, 0.25) is 0 Å². The van der Waals surface area contributed by atoms with Crippen molar-refractivity contribution < 1.29 is 31.4 Å². The molecule has 0 spiro atoms. The first-order chi connectivity index (χ1) is 19.2. The Bertz CT molecular complexity index is 1690. The van der Waals surface area contributed by atoms with Gasteiger partial charge in [0.15, 0.2) is 0 Å². The van der Waals surface area contributed by atoms with Gasteiger partial charge in [0.25, 0.3) is 17.0 Å². The number of aromatic nitrogens is 4. The maximum absolute atomic E-state index is 15.0. The normalized spacial score (nSPS) is 13.0. The molecule has 4 rings (SSSR count). The Morgan fingerprint density at radius 2 is 1.80 bits per heavy atom.